The average Bonchev–Trinajstić information content (AvgIpc) is 3.35. The van der Waals surface area contributed by atoms with Gasteiger partial charge in [-0.25, -0.2) is 0 Å². The molecule has 2 fully saturated rings. The molecule has 0 amide bonds. The maximum atomic E-state index is 7.90. The topological polar surface area (TPSA) is 52.1 Å². The number of aromatic nitrogens is 1. The lowest BCUT2D eigenvalue weighted by atomic mass is 10.2. The molecule has 0 atom stereocenters. The van der Waals surface area contributed by atoms with Gasteiger partial charge in [0.1, 0.15) is 0 Å². The Balaban J connectivity index is 0.000000370. The third kappa shape index (κ3) is 12.9. The van der Waals surface area contributed by atoms with Crippen LogP contribution in [0.3, 0.4) is 0 Å². The van der Waals surface area contributed by atoms with Crippen LogP contribution in [0.15, 0.2) is 24.4 Å². The zero-order valence-electron chi connectivity index (χ0n) is 17.6. The van der Waals surface area contributed by atoms with E-state index in [4.69, 9.17) is 10.00 Å². The molecule has 1 aromatic heterocycles. The molecule has 3 rings (SSSR count). The van der Waals surface area contributed by atoms with Crippen molar-refractivity contribution in [1.82, 2.24) is 9.88 Å². The molecule has 1 saturated carbocycles. The number of terminal acetylenes is 1. The second kappa shape index (κ2) is 17.4. The van der Waals surface area contributed by atoms with Crippen LogP contribution in [-0.2, 0) is 4.74 Å². The lowest BCUT2D eigenvalue weighted by Crippen LogP contribution is -2.42. The van der Waals surface area contributed by atoms with E-state index in [0.717, 1.165) is 19.3 Å². The lowest BCUT2D eigenvalue weighted by molar-refractivity contribution is 0.0180. The number of morpholine rings is 1. The first-order valence-corrected chi connectivity index (χ1v) is 9.88. The van der Waals surface area contributed by atoms with Gasteiger partial charge in [-0.2, -0.15) is 5.26 Å². The van der Waals surface area contributed by atoms with E-state index in [-0.39, 0.29) is 0 Å². The van der Waals surface area contributed by atoms with Crippen molar-refractivity contribution < 1.29 is 4.74 Å². The molecule has 1 saturated heterocycles. The third-order valence-electron chi connectivity index (χ3n) is 4.56. The summed E-state index contributed by atoms with van der Waals surface area (Å²) in [6, 6.07) is 4.95. The van der Waals surface area contributed by atoms with Gasteiger partial charge < -0.3 is 9.72 Å². The highest BCUT2D eigenvalue weighted by Gasteiger charge is 2.23. The summed E-state index contributed by atoms with van der Waals surface area (Å²) in [5.74, 6) is 2.25. The van der Waals surface area contributed by atoms with E-state index in [9.17, 15) is 0 Å². The van der Waals surface area contributed by atoms with Crippen molar-refractivity contribution in [3.63, 3.8) is 0 Å². The van der Waals surface area contributed by atoms with Gasteiger partial charge in [-0.15, -0.1) is 12.3 Å². The predicted octanol–water partition coefficient (Wildman–Crippen LogP) is 5.01. The number of nitriles is 1. The molecule has 0 spiro atoms. The van der Waals surface area contributed by atoms with Crippen molar-refractivity contribution >= 4 is 0 Å². The molecule has 0 bridgehead atoms. The minimum Gasteiger partial charge on any atom is -0.379 e. The van der Waals surface area contributed by atoms with Gasteiger partial charge in [0.25, 0.3) is 0 Å². The smallest absolute Gasteiger partial charge is 0.0663 e. The van der Waals surface area contributed by atoms with Gasteiger partial charge in [-0.05, 0) is 52.2 Å². The van der Waals surface area contributed by atoms with Gasteiger partial charge in [0.2, 0.25) is 0 Å². The number of hydrogen-bond acceptors (Lipinski definition) is 3. The summed E-state index contributed by atoms with van der Waals surface area (Å²) < 4.78 is 5.32. The SMILES string of the molecule is C#CC.C/C=C\CC#N.C1CCC(N2CCOCC2)C1.Cc1cc[nH]c1C. The highest BCUT2D eigenvalue weighted by Crippen LogP contribution is 2.23. The lowest BCUT2D eigenvalue weighted by Gasteiger charge is -2.31. The fraction of sp³-hybridized carbons (Fsp3) is 0.609. The van der Waals surface area contributed by atoms with Crippen LogP contribution in [0, 0.1) is 37.5 Å². The number of nitrogens with one attached hydrogen (secondary N) is 1. The molecule has 1 aliphatic heterocycles. The van der Waals surface area contributed by atoms with E-state index in [0.29, 0.717) is 6.42 Å². The Morgan fingerprint density at radius 3 is 2.22 bits per heavy atom. The molecule has 1 N–H and O–H groups in total. The first-order chi connectivity index (χ1) is 13.1. The summed E-state index contributed by atoms with van der Waals surface area (Å²) in [5.41, 5.74) is 2.60. The average molecular weight is 372 g/mol. The Morgan fingerprint density at radius 2 is 1.89 bits per heavy atom. The number of hydrogen-bond donors (Lipinski definition) is 1. The number of aromatic amines is 1. The molecule has 0 unspecified atom stereocenters. The standard InChI is InChI=1S/C9H17NO.C6H9N.C5H7N.C3H4/c1-2-4-9(3-1)10-5-7-11-8-6-10;1-5-3-4-7-6(5)2;1-2-3-4-5-6;1-3-2/h9H,1-8H2;3-4,7H,1-2H3;2-3H,4H2,1H3;1H,2H3/b;;3-2-;. The molecule has 1 aromatic rings. The quantitative estimate of drug-likeness (QED) is 0.587. The summed E-state index contributed by atoms with van der Waals surface area (Å²) in [7, 11) is 0. The summed E-state index contributed by atoms with van der Waals surface area (Å²) in [6.07, 6.45) is 16.5. The van der Waals surface area contributed by atoms with Crippen molar-refractivity contribution in [2.75, 3.05) is 26.3 Å². The van der Waals surface area contributed by atoms with Crippen LogP contribution in [0.2, 0.25) is 0 Å². The second-order valence-corrected chi connectivity index (χ2v) is 6.59. The van der Waals surface area contributed by atoms with E-state index in [1.54, 1.807) is 6.92 Å². The van der Waals surface area contributed by atoms with Crippen LogP contribution >= 0.6 is 0 Å². The maximum Gasteiger partial charge on any atom is 0.0663 e. The molecular formula is C23H37N3O. The molecule has 0 aromatic carbocycles. The van der Waals surface area contributed by atoms with Gasteiger partial charge >= 0.3 is 0 Å². The maximum absolute atomic E-state index is 7.90. The first kappa shape index (κ1) is 25.0. The third-order valence-corrected chi connectivity index (χ3v) is 4.56. The largest absolute Gasteiger partial charge is 0.379 e. The second-order valence-electron chi connectivity index (χ2n) is 6.59. The van der Waals surface area contributed by atoms with Gasteiger partial charge in [0.05, 0.1) is 25.7 Å². The van der Waals surface area contributed by atoms with E-state index in [1.165, 1.54) is 50.0 Å². The van der Waals surface area contributed by atoms with Crippen LogP contribution in [-0.4, -0.2) is 42.2 Å². The van der Waals surface area contributed by atoms with Crippen LogP contribution in [0.5, 0.6) is 0 Å². The van der Waals surface area contributed by atoms with E-state index >= 15 is 0 Å². The van der Waals surface area contributed by atoms with E-state index in [2.05, 4.69) is 42.1 Å². The molecule has 2 aliphatic rings. The number of nitrogens with zero attached hydrogens (tertiary/aromatic N) is 2. The zero-order valence-corrected chi connectivity index (χ0v) is 17.6. The molecule has 0 radical (unpaired) electrons. The highest BCUT2D eigenvalue weighted by molar-refractivity contribution is 5.15. The normalized spacial score (nSPS) is 16.7. The Hall–Kier alpha value is -2.01. The molecular weight excluding hydrogens is 334 g/mol. The van der Waals surface area contributed by atoms with Crippen molar-refractivity contribution in [1.29, 1.82) is 5.26 Å². The highest BCUT2D eigenvalue weighted by atomic mass is 16.5. The fourth-order valence-corrected chi connectivity index (χ4v) is 2.91. The number of rotatable bonds is 2. The predicted molar refractivity (Wildman–Crippen MR) is 114 cm³/mol. The summed E-state index contributed by atoms with van der Waals surface area (Å²) in [4.78, 5) is 5.68. The van der Waals surface area contributed by atoms with Gasteiger partial charge in [0.15, 0.2) is 0 Å². The molecule has 150 valence electrons. The molecule has 4 heteroatoms. The van der Waals surface area contributed by atoms with Gasteiger partial charge in [-0.1, -0.05) is 25.0 Å². The van der Waals surface area contributed by atoms with Crippen molar-refractivity contribution in [3.8, 4) is 18.4 Å². The first-order valence-electron chi connectivity index (χ1n) is 9.88. The Labute approximate surface area is 166 Å². The molecule has 2 heterocycles. The number of aryl methyl sites for hydroxylation is 2. The van der Waals surface area contributed by atoms with Crippen molar-refractivity contribution in [3.05, 3.63) is 35.7 Å². The summed E-state index contributed by atoms with van der Waals surface area (Å²) >= 11 is 0. The van der Waals surface area contributed by atoms with Gasteiger partial charge in [-0.3, -0.25) is 4.90 Å². The Kier molecular flexibility index (Phi) is 16.1. The molecule has 27 heavy (non-hydrogen) atoms. The number of allylic oxidation sites excluding steroid dienone is 2. The monoisotopic (exact) mass is 371 g/mol. The van der Waals surface area contributed by atoms with Crippen LogP contribution in [0.4, 0.5) is 0 Å². The minimum atomic E-state index is 0.538. The fourth-order valence-electron chi connectivity index (χ4n) is 2.91. The molecule has 1 aliphatic carbocycles. The zero-order chi connectivity index (χ0) is 20.3. The summed E-state index contributed by atoms with van der Waals surface area (Å²) in [5, 5.41) is 7.90. The summed E-state index contributed by atoms with van der Waals surface area (Å²) in [6.45, 7) is 12.0. The van der Waals surface area contributed by atoms with Crippen molar-refractivity contribution in [2.45, 2.75) is 65.8 Å². The van der Waals surface area contributed by atoms with Crippen LogP contribution < -0.4 is 0 Å². The Bertz CT molecular complexity index is 549. The van der Waals surface area contributed by atoms with Gasteiger partial charge in [0, 0.05) is 31.0 Å². The van der Waals surface area contributed by atoms with E-state index < -0.39 is 0 Å². The Morgan fingerprint density at radius 1 is 1.30 bits per heavy atom. The number of ether oxygens (including phenoxy) is 1. The van der Waals surface area contributed by atoms with Crippen LogP contribution in [0.25, 0.3) is 0 Å². The van der Waals surface area contributed by atoms with Crippen LogP contribution in [0.1, 0.15) is 57.2 Å². The minimum absolute atomic E-state index is 0.538. The number of H-pyrrole nitrogens is 1. The molecule has 4 nitrogen and oxygen atoms in total. The van der Waals surface area contributed by atoms with Crippen molar-refractivity contribution in [2.24, 2.45) is 0 Å². The van der Waals surface area contributed by atoms with E-state index in [1.807, 2.05) is 31.3 Å².